The lowest BCUT2D eigenvalue weighted by atomic mass is 10.1. The molecule has 2 heterocycles. The molecule has 0 amide bonds. The van der Waals surface area contributed by atoms with E-state index < -0.39 is 5.97 Å². The number of ether oxygens (including phenoxy) is 1. The van der Waals surface area contributed by atoms with Crippen molar-refractivity contribution >= 4 is 45.2 Å². The summed E-state index contributed by atoms with van der Waals surface area (Å²) in [6.45, 7) is 1.34. The third-order valence-corrected chi connectivity index (χ3v) is 4.63. The first-order valence-corrected chi connectivity index (χ1v) is 9.54. The van der Waals surface area contributed by atoms with Gasteiger partial charge in [-0.05, 0) is 30.7 Å². The smallest absolute Gasteiger partial charge is 0.335 e. The van der Waals surface area contributed by atoms with Gasteiger partial charge < -0.3 is 20.5 Å². The normalized spacial score (nSPS) is 11.0. The largest absolute Gasteiger partial charge is 0.478 e. The Morgan fingerprint density at radius 2 is 1.93 bits per heavy atom. The van der Waals surface area contributed by atoms with Gasteiger partial charge in [-0.2, -0.15) is 0 Å². The van der Waals surface area contributed by atoms with Crippen LogP contribution < -0.4 is 10.6 Å². The van der Waals surface area contributed by atoms with E-state index in [1.807, 2.05) is 30.3 Å². The van der Waals surface area contributed by atoms with Crippen molar-refractivity contribution in [2.45, 2.75) is 6.42 Å². The number of rotatable bonds is 8. The maximum Gasteiger partial charge on any atom is 0.335 e. The number of benzene rings is 2. The summed E-state index contributed by atoms with van der Waals surface area (Å²) >= 11 is 0. The maximum atomic E-state index is 11.4. The number of carboxylic acid groups (broad SMARTS) is 1. The number of hydrogen-bond acceptors (Lipinski definition) is 7. The standard InChI is InChI=1S/C22H21N5O3/c1-30-11-5-10-23-22-24-13-17-16-9-8-14(21(28)29)12-18(16)26-20(19(17)27-22)25-15-6-3-2-4-7-15/h2-4,6-9,12-13H,5,10-11H2,1H3,(H,25,26)(H,28,29)(H,23,24,27). The molecule has 8 nitrogen and oxygen atoms in total. The van der Waals surface area contributed by atoms with E-state index in [0.717, 1.165) is 22.9 Å². The first kappa shape index (κ1) is 19.5. The second-order valence-corrected chi connectivity index (χ2v) is 6.72. The molecule has 4 aromatic rings. The van der Waals surface area contributed by atoms with Crippen LogP contribution in [-0.2, 0) is 4.74 Å². The van der Waals surface area contributed by atoms with E-state index in [9.17, 15) is 9.90 Å². The van der Waals surface area contributed by atoms with Gasteiger partial charge in [0.1, 0.15) is 5.52 Å². The summed E-state index contributed by atoms with van der Waals surface area (Å²) in [5.41, 5.74) is 2.24. The fourth-order valence-electron chi connectivity index (χ4n) is 3.17. The highest BCUT2D eigenvalue weighted by Gasteiger charge is 2.14. The average molecular weight is 403 g/mol. The van der Waals surface area contributed by atoms with Crippen molar-refractivity contribution in [3.05, 3.63) is 60.3 Å². The van der Waals surface area contributed by atoms with Crippen LogP contribution in [-0.4, -0.2) is 46.3 Å². The Balaban J connectivity index is 1.82. The Hall–Kier alpha value is -3.78. The summed E-state index contributed by atoms with van der Waals surface area (Å²) in [6, 6.07) is 14.5. The molecule has 152 valence electrons. The Labute approximate surface area is 173 Å². The lowest BCUT2D eigenvalue weighted by molar-refractivity contribution is 0.0697. The van der Waals surface area contributed by atoms with E-state index in [2.05, 4.69) is 25.6 Å². The van der Waals surface area contributed by atoms with Crippen molar-refractivity contribution in [3.8, 4) is 0 Å². The maximum absolute atomic E-state index is 11.4. The Morgan fingerprint density at radius 1 is 1.10 bits per heavy atom. The number of anilines is 3. The molecule has 0 saturated carbocycles. The molecule has 4 rings (SSSR count). The number of carbonyl (C=O) groups is 1. The summed E-state index contributed by atoms with van der Waals surface area (Å²) in [5.74, 6) is 0.0369. The predicted octanol–water partition coefficient (Wildman–Crippen LogP) is 4.07. The van der Waals surface area contributed by atoms with Gasteiger partial charge in [-0.3, -0.25) is 0 Å². The number of nitrogens with zero attached hydrogens (tertiary/aromatic N) is 3. The van der Waals surface area contributed by atoms with Gasteiger partial charge in [0.15, 0.2) is 5.82 Å². The zero-order valence-electron chi connectivity index (χ0n) is 16.4. The molecule has 0 spiro atoms. The molecular weight excluding hydrogens is 382 g/mol. The zero-order valence-corrected chi connectivity index (χ0v) is 16.4. The number of hydrogen-bond donors (Lipinski definition) is 3. The summed E-state index contributed by atoms with van der Waals surface area (Å²) in [5, 5.41) is 17.4. The van der Waals surface area contributed by atoms with E-state index in [-0.39, 0.29) is 5.56 Å². The van der Waals surface area contributed by atoms with Crippen LogP contribution in [0.2, 0.25) is 0 Å². The van der Waals surface area contributed by atoms with E-state index >= 15 is 0 Å². The molecule has 0 radical (unpaired) electrons. The molecule has 0 bridgehead atoms. The summed E-state index contributed by atoms with van der Waals surface area (Å²) < 4.78 is 5.07. The van der Waals surface area contributed by atoms with E-state index in [1.54, 1.807) is 31.5 Å². The summed E-state index contributed by atoms with van der Waals surface area (Å²) in [6.07, 6.45) is 2.57. The number of methoxy groups -OCH3 is 1. The van der Waals surface area contributed by atoms with Gasteiger partial charge in [-0.1, -0.05) is 24.3 Å². The number of carboxylic acids is 1. The van der Waals surface area contributed by atoms with Crippen molar-refractivity contribution in [2.24, 2.45) is 0 Å². The van der Waals surface area contributed by atoms with Gasteiger partial charge in [0.25, 0.3) is 0 Å². The van der Waals surface area contributed by atoms with Gasteiger partial charge in [-0.15, -0.1) is 0 Å². The number of fused-ring (bicyclic) bond motifs is 3. The predicted molar refractivity (Wildman–Crippen MR) is 117 cm³/mol. The first-order valence-electron chi connectivity index (χ1n) is 9.54. The molecule has 0 aliphatic carbocycles. The number of pyridine rings is 1. The second kappa shape index (κ2) is 8.71. The van der Waals surface area contributed by atoms with Crippen LogP contribution in [0.15, 0.2) is 54.7 Å². The molecule has 2 aromatic heterocycles. The second-order valence-electron chi connectivity index (χ2n) is 6.72. The minimum absolute atomic E-state index is 0.178. The summed E-state index contributed by atoms with van der Waals surface area (Å²) in [7, 11) is 1.67. The van der Waals surface area contributed by atoms with Crippen molar-refractivity contribution in [3.63, 3.8) is 0 Å². The topological polar surface area (TPSA) is 109 Å². The van der Waals surface area contributed by atoms with Gasteiger partial charge in [-0.25, -0.2) is 19.7 Å². The first-order chi connectivity index (χ1) is 14.7. The van der Waals surface area contributed by atoms with Gasteiger partial charge >= 0.3 is 5.97 Å². The fraction of sp³-hybridized carbons (Fsp3) is 0.182. The van der Waals surface area contributed by atoms with Crippen molar-refractivity contribution in [1.29, 1.82) is 0 Å². The molecule has 0 saturated heterocycles. The van der Waals surface area contributed by atoms with Crippen molar-refractivity contribution < 1.29 is 14.6 Å². The monoisotopic (exact) mass is 403 g/mol. The van der Waals surface area contributed by atoms with E-state index in [1.165, 1.54) is 0 Å². The molecule has 30 heavy (non-hydrogen) atoms. The minimum atomic E-state index is -0.997. The lowest BCUT2D eigenvalue weighted by Crippen LogP contribution is -2.08. The Kier molecular flexibility index (Phi) is 5.67. The highest BCUT2D eigenvalue weighted by atomic mass is 16.5. The molecule has 2 aromatic carbocycles. The molecule has 0 aliphatic rings. The van der Waals surface area contributed by atoms with Crippen molar-refractivity contribution in [1.82, 2.24) is 15.0 Å². The summed E-state index contributed by atoms with van der Waals surface area (Å²) in [4.78, 5) is 25.2. The van der Waals surface area contributed by atoms with Crippen molar-refractivity contribution in [2.75, 3.05) is 30.9 Å². The molecular formula is C22H21N5O3. The van der Waals surface area contributed by atoms with Gasteiger partial charge in [0, 0.05) is 42.9 Å². The third kappa shape index (κ3) is 4.13. The van der Waals surface area contributed by atoms with E-state index in [0.29, 0.717) is 36.0 Å². The number of aromatic nitrogens is 3. The zero-order chi connectivity index (χ0) is 20.9. The molecule has 3 N–H and O–H groups in total. The van der Waals surface area contributed by atoms with E-state index in [4.69, 9.17) is 4.74 Å². The van der Waals surface area contributed by atoms with Crippen LogP contribution >= 0.6 is 0 Å². The van der Waals surface area contributed by atoms with Crippen LogP contribution in [0.1, 0.15) is 16.8 Å². The lowest BCUT2D eigenvalue weighted by Gasteiger charge is -2.13. The van der Waals surface area contributed by atoms with Gasteiger partial charge in [0.05, 0.1) is 11.1 Å². The Morgan fingerprint density at radius 3 is 2.70 bits per heavy atom. The number of nitrogens with one attached hydrogen (secondary N) is 2. The quantitative estimate of drug-likeness (QED) is 0.298. The third-order valence-electron chi connectivity index (χ3n) is 4.63. The molecule has 0 aliphatic heterocycles. The fourth-order valence-corrected chi connectivity index (χ4v) is 3.17. The van der Waals surface area contributed by atoms with Crippen LogP contribution in [0.25, 0.3) is 21.8 Å². The average Bonchev–Trinajstić information content (AvgIpc) is 2.77. The highest BCUT2D eigenvalue weighted by molar-refractivity contribution is 6.10. The molecule has 0 atom stereocenters. The minimum Gasteiger partial charge on any atom is -0.478 e. The highest BCUT2D eigenvalue weighted by Crippen LogP contribution is 2.30. The number of para-hydroxylation sites is 1. The van der Waals surface area contributed by atoms with Crippen LogP contribution in [0.4, 0.5) is 17.5 Å². The Bertz CT molecular complexity index is 1200. The molecule has 0 fully saturated rings. The molecule has 8 heteroatoms. The molecule has 0 unspecified atom stereocenters. The van der Waals surface area contributed by atoms with Crippen LogP contribution in [0, 0.1) is 0 Å². The van der Waals surface area contributed by atoms with Crippen LogP contribution in [0.5, 0.6) is 0 Å². The number of aromatic carboxylic acids is 1. The van der Waals surface area contributed by atoms with Crippen LogP contribution in [0.3, 0.4) is 0 Å². The SMILES string of the molecule is COCCCNc1ncc2c(n1)c(Nc1ccccc1)nc1cc(C(=O)O)ccc12. The van der Waals surface area contributed by atoms with Gasteiger partial charge in [0.2, 0.25) is 5.95 Å².